The first-order valence-electron chi connectivity index (χ1n) is 8.91. The Balaban J connectivity index is 1.88. The van der Waals surface area contributed by atoms with Crippen molar-refractivity contribution in [2.75, 3.05) is 14.2 Å². The number of benzene rings is 1. The van der Waals surface area contributed by atoms with E-state index in [1.165, 1.54) is 27.2 Å². The number of rotatable bonds is 5. The van der Waals surface area contributed by atoms with E-state index >= 15 is 0 Å². The highest BCUT2D eigenvalue weighted by molar-refractivity contribution is 8.18. The maximum atomic E-state index is 12.6. The van der Waals surface area contributed by atoms with Gasteiger partial charge in [0, 0.05) is 11.6 Å². The first kappa shape index (κ1) is 21.4. The van der Waals surface area contributed by atoms with Crippen LogP contribution in [-0.2, 0) is 19.1 Å². The molecule has 156 valence electrons. The van der Waals surface area contributed by atoms with Crippen molar-refractivity contribution in [3.63, 3.8) is 0 Å². The van der Waals surface area contributed by atoms with Gasteiger partial charge in [0.15, 0.2) is 0 Å². The Morgan fingerprint density at radius 2 is 1.87 bits per heavy atom. The molecule has 0 spiro atoms. The van der Waals surface area contributed by atoms with Gasteiger partial charge in [-0.05, 0) is 49.4 Å². The molecular weight excluding hydrogens is 410 g/mol. The van der Waals surface area contributed by atoms with Crippen LogP contribution in [0.5, 0.6) is 0 Å². The van der Waals surface area contributed by atoms with E-state index in [-0.39, 0.29) is 4.91 Å². The Kier molecular flexibility index (Phi) is 6.12. The number of hydrogen-bond acceptors (Lipinski definition) is 8. The van der Waals surface area contributed by atoms with E-state index in [4.69, 9.17) is 9.15 Å². The molecule has 0 saturated carbocycles. The third-order valence-corrected chi connectivity index (χ3v) is 5.54. The third-order valence-electron chi connectivity index (χ3n) is 4.66. The minimum atomic E-state index is -1.02. The Morgan fingerprint density at radius 1 is 1.13 bits per heavy atom. The van der Waals surface area contributed by atoms with E-state index in [1.54, 1.807) is 37.3 Å². The largest absolute Gasteiger partial charge is 0.467 e. The monoisotopic (exact) mass is 429 g/mol. The average Bonchev–Trinajstić information content (AvgIpc) is 3.30. The van der Waals surface area contributed by atoms with Gasteiger partial charge in [-0.1, -0.05) is 12.1 Å². The molecule has 8 nitrogen and oxygen atoms in total. The van der Waals surface area contributed by atoms with Crippen molar-refractivity contribution in [1.82, 2.24) is 4.90 Å². The number of esters is 2. The number of nitrogens with zero attached hydrogens (tertiary/aromatic N) is 1. The van der Waals surface area contributed by atoms with Crippen LogP contribution in [0.2, 0.25) is 0 Å². The second kappa shape index (κ2) is 8.58. The average molecular weight is 429 g/mol. The van der Waals surface area contributed by atoms with Crippen LogP contribution >= 0.6 is 11.8 Å². The fourth-order valence-electron chi connectivity index (χ4n) is 3.03. The van der Waals surface area contributed by atoms with Gasteiger partial charge < -0.3 is 13.9 Å². The Morgan fingerprint density at radius 3 is 2.53 bits per heavy atom. The summed E-state index contributed by atoms with van der Waals surface area (Å²) in [7, 11) is 2.50. The van der Waals surface area contributed by atoms with Crippen molar-refractivity contribution in [1.29, 1.82) is 0 Å². The van der Waals surface area contributed by atoms with E-state index in [2.05, 4.69) is 4.74 Å². The number of hydrogen-bond donors (Lipinski definition) is 0. The first-order chi connectivity index (χ1) is 14.3. The number of thioether (sulfide) groups is 1. The van der Waals surface area contributed by atoms with Crippen molar-refractivity contribution in [2.45, 2.75) is 19.9 Å². The highest BCUT2D eigenvalue weighted by Crippen LogP contribution is 2.35. The summed E-state index contributed by atoms with van der Waals surface area (Å²) in [6.07, 6.45) is 1.44. The fourth-order valence-corrected chi connectivity index (χ4v) is 3.92. The minimum Gasteiger partial charge on any atom is -0.467 e. The Bertz CT molecular complexity index is 1070. The molecule has 2 aromatic rings. The Hall–Kier alpha value is -3.33. The van der Waals surface area contributed by atoms with E-state index in [0.717, 1.165) is 16.7 Å². The summed E-state index contributed by atoms with van der Waals surface area (Å²) < 4.78 is 15.2. The van der Waals surface area contributed by atoms with Gasteiger partial charge >= 0.3 is 11.9 Å². The zero-order chi connectivity index (χ0) is 22.0. The lowest BCUT2D eigenvalue weighted by molar-refractivity contribution is -0.148. The lowest BCUT2D eigenvalue weighted by Gasteiger charge is -2.18. The van der Waals surface area contributed by atoms with Gasteiger partial charge in [-0.3, -0.25) is 14.5 Å². The second-order valence-electron chi connectivity index (χ2n) is 6.42. The van der Waals surface area contributed by atoms with Crippen LogP contribution in [0.1, 0.15) is 28.6 Å². The molecule has 1 fully saturated rings. The van der Waals surface area contributed by atoms with Crippen molar-refractivity contribution in [3.8, 4) is 11.3 Å². The summed E-state index contributed by atoms with van der Waals surface area (Å²) in [6.45, 7) is 3.20. The molecule has 1 aromatic heterocycles. The molecule has 1 saturated heterocycles. The number of imide groups is 1. The molecule has 0 N–H and O–H groups in total. The normalized spacial score (nSPS) is 16.1. The summed E-state index contributed by atoms with van der Waals surface area (Å²) in [5.74, 6) is -0.880. The van der Waals surface area contributed by atoms with Gasteiger partial charge in [-0.15, -0.1) is 0 Å². The molecule has 9 heteroatoms. The van der Waals surface area contributed by atoms with Crippen molar-refractivity contribution >= 4 is 40.9 Å². The van der Waals surface area contributed by atoms with Crippen molar-refractivity contribution < 1.29 is 33.1 Å². The molecule has 3 rings (SSSR count). The quantitative estimate of drug-likeness (QED) is 0.524. The van der Waals surface area contributed by atoms with Gasteiger partial charge in [0.05, 0.1) is 24.7 Å². The predicted octanol–water partition coefficient (Wildman–Crippen LogP) is 3.64. The van der Waals surface area contributed by atoms with Crippen LogP contribution < -0.4 is 0 Å². The molecule has 0 radical (unpaired) electrons. The molecule has 0 aliphatic carbocycles. The lowest BCUT2D eigenvalue weighted by atomic mass is 10.0. The number of methoxy groups -OCH3 is 2. The van der Waals surface area contributed by atoms with Gasteiger partial charge in [-0.2, -0.15) is 0 Å². The van der Waals surface area contributed by atoms with Crippen molar-refractivity contribution in [2.24, 2.45) is 0 Å². The fraction of sp³-hybridized carbons (Fsp3) is 0.238. The van der Waals surface area contributed by atoms with E-state index in [9.17, 15) is 19.2 Å². The van der Waals surface area contributed by atoms with Crippen LogP contribution in [0.4, 0.5) is 4.79 Å². The number of amides is 2. The Labute approximate surface area is 176 Å². The van der Waals surface area contributed by atoms with Gasteiger partial charge in [-0.25, -0.2) is 9.59 Å². The van der Waals surface area contributed by atoms with Crippen LogP contribution in [0, 0.1) is 6.92 Å². The molecule has 2 amide bonds. The lowest BCUT2D eigenvalue weighted by Crippen LogP contribution is -2.42. The molecular formula is C21H19NO7S. The predicted molar refractivity (Wildman–Crippen MR) is 110 cm³/mol. The van der Waals surface area contributed by atoms with Gasteiger partial charge in [0.1, 0.15) is 17.6 Å². The highest BCUT2D eigenvalue weighted by atomic mass is 32.2. The zero-order valence-electron chi connectivity index (χ0n) is 16.8. The minimum absolute atomic E-state index is 0.136. The molecule has 1 aromatic carbocycles. The third kappa shape index (κ3) is 3.88. The summed E-state index contributed by atoms with van der Waals surface area (Å²) in [4.78, 5) is 49.4. The molecule has 0 bridgehead atoms. The maximum absolute atomic E-state index is 12.6. The molecule has 1 atom stereocenters. The summed E-state index contributed by atoms with van der Waals surface area (Å²) in [5.41, 5.74) is 1.81. The summed E-state index contributed by atoms with van der Waals surface area (Å²) >= 11 is 0.720. The van der Waals surface area contributed by atoms with Crippen LogP contribution in [0.15, 0.2) is 39.7 Å². The number of carbonyl (C=O) groups is 4. The zero-order valence-corrected chi connectivity index (χ0v) is 17.6. The van der Waals surface area contributed by atoms with E-state index < -0.39 is 29.1 Å². The van der Waals surface area contributed by atoms with Crippen LogP contribution in [0.25, 0.3) is 17.4 Å². The number of ether oxygens (including phenoxy) is 2. The molecule has 30 heavy (non-hydrogen) atoms. The standard InChI is InChI=1S/C21H19NO7S/c1-11-14(6-5-7-15(11)20(25)28-4)16-9-8-13(29-16)10-17-18(23)22(21(26)30-17)12(2)19(24)27-3/h5-10,12H,1-4H3/b17-10+/t12-/m1/s1. The first-order valence-corrected chi connectivity index (χ1v) is 9.73. The number of furan rings is 1. The number of carbonyl (C=O) groups excluding carboxylic acids is 4. The molecule has 2 heterocycles. The van der Waals surface area contributed by atoms with Gasteiger partial charge in [0.25, 0.3) is 11.1 Å². The topological polar surface area (TPSA) is 103 Å². The van der Waals surface area contributed by atoms with Crippen LogP contribution in [-0.4, -0.2) is 48.2 Å². The van der Waals surface area contributed by atoms with E-state index in [0.29, 0.717) is 28.2 Å². The molecule has 1 aliphatic heterocycles. The van der Waals surface area contributed by atoms with Crippen molar-refractivity contribution in [3.05, 3.63) is 52.1 Å². The molecule has 0 unspecified atom stereocenters. The summed E-state index contributed by atoms with van der Waals surface area (Å²) in [5, 5.41) is -0.558. The maximum Gasteiger partial charge on any atom is 0.338 e. The van der Waals surface area contributed by atoms with Gasteiger partial charge in [0.2, 0.25) is 0 Å². The SMILES string of the molecule is COC(=O)c1cccc(-c2ccc(/C=C3/SC(=O)N([C@H](C)C(=O)OC)C3=O)o2)c1C. The highest BCUT2D eigenvalue weighted by Gasteiger charge is 2.41. The summed E-state index contributed by atoms with van der Waals surface area (Å²) in [6, 6.07) is 7.51. The molecule has 1 aliphatic rings. The second-order valence-corrected chi connectivity index (χ2v) is 7.42. The van der Waals surface area contributed by atoms with E-state index in [1.807, 2.05) is 0 Å². The smallest absolute Gasteiger partial charge is 0.338 e. The van der Waals surface area contributed by atoms with Crippen LogP contribution in [0.3, 0.4) is 0 Å².